The van der Waals surface area contributed by atoms with Crippen LogP contribution in [0, 0.1) is 0 Å². The van der Waals surface area contributed by atoms with E-state index in [0.717, 1.165) is 18.8 Å². The second kappa shape index (κ2) is 7.92. The predicted molar refractivity (Wildman–Crippen MR) is 89.5 cm³/mol. The summed E-state index contributed by atoms with van der Waals surface area (Å²) >= 11 is 0. The molecule has 0 radical (unpaired) electrons. The molecule has 7 heteroatoms. The Hall–Kier alpha value is -2.41. The molecule has 2 N–H and O–H groups in total. The fraction of sp³-hybridized carbons (Fsp3) is 0.471. The first-order valence-electron chi connectivity index (χ1n) is 8.31. The van der Waals surface area contributed by atoms with Crippen LogP contribution in [0.25, 0.3) is 0 Å². The number of benzene rings is 1. The summed E-state index contributed by atoms with van der Waals surface area (Å²) in [6, 6.07) is 10.1. The van der Waals surface area contributed by atoms with Crippen molar-refractivity contribution in [3.05, 3.63) is 48.0 Å². The number of amides is 2. The van der Waals surface area contributed by atoms with Crippen LogP contribution in [0.2, 0.25) is 0 Å². The Morgan fingerprint density at radius 1 is 1.33 bits per heavy atom. The van der Waals surface area contributed by atoms with Crippen LogP contribution in [-0.2, 0) is 17.8 Å². The van der Waals surface area contributed by atoms with Crippen LogP contribution in [0.15, 0.2) is 36.7 Å². The van der Waals surface area contributed by atoms with Crippen molar-refractivity contribution in [3.63, 3.8) is 0 Å². The zero-order valence-corrected chi connectivity index (χ0v) is 13.8. The first-order chi connectivity index (χ1) is 11.8. The molecule has 1 aromatic heterocycles. The lowest BCUT2D eigenvalue weighted by molar-refractivity contribution is 0.110. The average Bonchev–Trinajstić information content (AvgIpc) is 3.28. The molecule has 2 aromatic rings. The van der Waals surface area contributed by atoms with Crippen LogP contribution in [0.3, 0.4) is 0 Å². The third-order valence-electron chi connectivity index (χ3n) is 4.24. The van der Waals surface area contributed by atoms with Crippen molar-refractivity contribution in [3.8, 4) is 0 Å². The highest BCUT2D eigenvalue weighted by atomic mass is 16.5. The summed E-state index contributed by atoms with van der Waals surface area (Å²) in [7, 11) is 0. The SMILES string of the molecule is CCn1ncnc1CNC(=O)NC[C@@H]1C[C@H](c2ccccc2)CO1. The van der Waals surface area contributed by atoms with Crippen LogP contribution in [-0.4, -0.2) is 40.1 Å². The monoisotopic (exact) mass is 329 g/mol. The lowest BCUT2D eigenvalue weighted by atomic mass is 9.96. The second-order valence-corrected chi connectivity index (χ2v) is 5.85. The molecule has 1 saturated heterocycles. The van der Waals surface area contributed by atoms with Gasteiger partial charge in [-0.2, -0.15) is 5.10 Å². The Morgan fingerprint density at radius 3 is 2.96 bits per heavy atom. The van der Waals surface area contributed by atoms with Gasteiger partial charge in [0.25, 0.3) is 0 Å². The van der Waals surface area contributed by atoms with E-state index in [1.807, 2.05) is 25.1 Å². The summed E-state index contributed by atoms with van der Waals surface area (Å²) in [6.07, 6.45) is 2.48. The first kappa shape index (κ1) is 16.4. The Kier molecular flexibility index (Phi) is 5.43. The first-order valence-corrected chi connectivity index (χ1v) is 8.31. The van der Waals surface area contributed by atoms with Gasteiger partial charge in [0.05, 0.1) is 19.3 Å². The van der Waals surface area contributed by atoms with Gasteiger partial charge in [0.15, 0.2) is 0 Å². The quantitative estimate of drug-likeness (QED) is 0.845. The Labute approximate surface area is 141 Å². The number of hydrogen-bond acceptors (Lipinski definition) is 4. The van der Waals surface area contributed by atoms with Crippen LogP contribution in [0.1, 0.15) is 30.7 Å². The topological polar surface area (TPSA) is 81.1 Å². The van der Waals surface area contributed by atoms with Crippen LogP contribution in [0.5, 0.6) is 0 Å². The predicted octanol–water partition coefficient (Wildman–Crippen LogP) is 1.67. The molecule has 2 heterocycles. The number of carbonyl (C=O) groups is 1. The number of aryl methyl sites for hydroxylation is 1. The van der Waals surface area contributed by atoms with Gasteiger partial charge in [0.2, 0.25) is 0 Å². The maximum absolute atomic E-state index is 11.9. The van der Waals surface area contributed by atoms with Gasteiger partial charge in [-0.3, -0.25) is 0 Å². The minimum atomic E-state index is -0.215. The van der Waals surface area contributed by atoms with Crippen molar-refractivity contribution in [2.24, 2.45) is 0 Å². The van der Waals surface area contributed by atoms with Crippen molar-refractivity contribution in [1.29, 1.82) is 0 Å². The molecule has 0 spiro atoms. The van der Waals surface area contributed by atoms with Gasteiger partial charge in [0.1, 0.15) is 12.2 Å². The van der Waals surface area contributed by atoms with Crippen molar-refractivity contribution < 1.29 is 9.53 Å². The number of aromatic nitrogens is 3. The number of carbonyl (C=O) groups excluding carboxylic acids is 1. The van der Waals surface area contributed by atoms with Crippen LogP contribution >= 0.6 is 0 Å². The number of hydrogen-bond donors (Lipinski definition) is 2. The highest BCUT2D eigenvalue weighted by molar-refractivity contribution is 5.73. The third kappa shape index (κ3) is 4.11. The molecule has 1 fully saturated rings. The summed E-state index contributed by atoms with van der Waals surface area (Å²) in [6.45, 7) is 4.29. The number of urea groups is 1. The molecule has 0 bridgehead atoms. The normalized spacial score (nSPS) is 20.0. The molecule has 2 atom stereocenters. The molecule has 1 aliphatic rings. The highest BCUT2D eigenvalue weighted by Gasteiger charge is 2.26. The van der Waals surface area contributed by atoms with E-state index in [4.69, 9.17) is 4.74 Å². The Morgan fingerprint density at radius 2 is 2.17 bits per heavy atom. The van der Waals surface area contributed by atoms with Crippen LogP contribution in [0.4, 0.5) is 4.79 Å². The van der Waals surface area contributed by atoms with Gasteiger partial charge in [-0.15, -0.1) is 0 Å². The summed E-state index contributed by atoms with van der Waals surface area (Å²) in [5, 5.41) is 9.73. The molecule has 1 aliphatic heterocycles. The molecule has 7 nitrogen and oxygen atoms in total. The molecule has 128 valence electrons. The number of rotatable bonds is 6. The van der Waals surface area contributed by atoms with E-state index in [1.54, 1.807) is 4.68 Å². The molecule has 0 saturated carbocycles. The van der Waals surface area contributed by atoms with E-state index in [1.165, 1.54) is 11.9 Å². The van der Waals surface area contributed by atoms with Gasteiger partial charge < -0.3 is 15.4 Å². The fourth-order valence-corrected chi connectivity index (χ4v) is 2.92. The van der Waals surface area contributed by atoms with Gasteiger partial charge in [-0.1, -0.05) is 30.3 Å². The molecule has 24 heavy (non-hydrogen) atoms. The van der Waals surface area contributed by atoms with E-state index >= 15 is 0 Å². The number of nitrogens with one attached hydrogen (secondary N) is 2. The number of ether oxygens (including phenoxy) is 1. The van der Waals surface area contributed by atoms with Crippen molar-refractivity contribution in [1.82, 2.24) is 25.4 Å². The fourth-order valence-electron chi connectivity index (χ4n) is 2.92. The summed E-state index contributed by atoms with van der Waals surface area (Å²) in [4.78, 5) is 16.0. The maximum atomic E-state index is 11.9. The van der Waals surface area contributed by atoms with Crippen molar-refractivity contribution in [2.75, 3.05) is 13.2 Å². The Balaban J connectivity index is 1.39. The summed E-state index contributed by atoms with van der Waals surface area (Å²) in [5.41, 5.74) is 1.29. The maximum Gasteiger partial charge on any atom is 0.315 e. The molecule has 3 rings (SSSR count). The molecule has 0 aliphatic carbocycles. The third-order valence-corrected chi connectivity index (χ3v) is 4.24. The minimum absolute atomic E-state index is 0.0558. The summed E-state index contributed by atoms with van der Waals surface area (Å²) < 4.78 is 7.54. The second-order valence-electron chi connectivity index (χ2n) is 5.85. The lowest BCUT2D eigenvalue weighted by Crippen LogP contribution is -2.39. The molecule has 0 unspecified atom stereocenters. The van der Waals surface area contributed by atoms with E-state index in [2.05, 4.69) is 32.8 Å². The Bertz CT molecular complexity index is 658. The molecule has 2 amide bonds. The van der Waals surface area contributed by atoms with E-state index in [0.29, 0.717) is 25.6 Å². The number of nitrogens with zero attached hydrogens (tertiary/aromatic N) is 3. The molecule has 1 aromatic carbocycles. The lowest BCUT2D eigenvalue weighted by Gasteiger charge is -2.12. The standard InChI is InChI=1S/C17H23N5O2/c1-2-22-16(20-12-21-22)10-19-17(23)18-9-15-8-14(11-24-15)13-6-4-3-5-7-13/h3-7,12,14-15H,2,8-11H2,1H3,(H2,18,19,23)/t14-,15-/m0/s1. The van der Waals surface area contributed by atoms with Gasteiger partial charge in [-0.25, -0.2) is 14.5 Å². The largest absolute Gasteiger partial charge is 0.376 e. The van der Waals surface area contributed by atoms with Crippen LogP contribution < -0.4 is 10.6 Å². The summed E-state index contributed by atoms with van der Waals surface area (Å²) in [5.74, 6) is 1.15. The van der Waals surface area contributed by atoms with Crippen molar-refractivity contribution >= 4 is 6.03 Å². The highest BCUT2D eigenvalue weighted by Crippen LogP contribution is 2.28. The average molecular weight is 329 g/mol. The molecular weight excluding hydrogens is 306 g/mol. The van der Waals surface area contributed by atoms with Gasteiger partial charge >= 0.3 is 6.03 Å². The zero-order valence-electron chi connectivity index (χ0n) is 13.8. The smallest absolute Gasteiger partial charge is 0.315 e. The van der Waals surface area contributed by atoms with Gasteiger partial charge in [0, 0.05) is 19.0 Å². The van der Waals surface area contributed by atoms with E-state index in [9.17, 15) is 4.79 Å². The minimum Gasteiger partial charge on any atom is -0.376 e. The zero-order chi connectivity index (χ0) is 16.8. The van der Waals surface area contributed by atoms with E-state index < -0.39 is 0 Å². The van der Waals surface area contributed by atoms with E-state index in [-0.39, 0.29) is 12.1 Å². The molecular formula is C17H23N5O2. The van der Waals surface area contributed by atoms with Crippen molar-refractivity contribution in [2.45, 2.75) is 38.5 Å². The van der Waals surface area contributed by atoms with Gasteiger partial charge in [-0.05, 0) is 18.9 Å².